The van der Waals surface area contributed by atoms with Gasteiger partial charge < -0.3 is 30.7 Å². The van der Waals surface area contributed by atoms with Gasteiger partial charge in [-0.05, 0) is 54.8 Å². The lowest BCUT2D eigenvalue weighted by molar-refractivity contribution is -0.140. The van der Waals surface area contributed by atoms with E-state index < -0.39 is 12.1 Å². The van der Waals surface area contributed by atoms with Crippen LogP contribution in [0.3, 0.4) is 0 Å². The van der Waals surface area contributed by atoms with Crippen molar-refractivity contribution >= 4 is 23.6 Å². The summed E-state index contributed by atoms with van der Waals surface area (Å²) in [6, 6.07) is 0.576. The van der Waals surface area contributed by atoms with Crippen molar-refractivity contribution in [2.75, 3.05) is 39.5 Å². The normalized spacial score (nSPS) is 32.6. The molecule has 11 heteroatoms. The lowest BCUT2D eigenvalue weighted by Crippen LogP contribution is -2.54. The van der Waals surface area contributed by atoms with Gasteiger partial charge in [0, 0.05) is 38.6 Å². The lowest BCUT2D eigenvalue weighted by atomic mass is 9.90. The number of rotatable bonds is 10. The van der Waals surface area contributed by atoms with Crippen molar-refractivity contribution in [2.24, 2.45) is 35.0 Å². The topological polar surface area (TPSA) is 161 Å². The monoisotopic (exact) mass is 517 g/mol. The van der Waals surface area contributed by atoms with Gasteiger partial charge >= 0.3 is 0 Å². The number of nitrogens with zero attached hydrogens (tertiary/aromatic N) is 2. The minimum atomic E-state index is -0.820. The molecule has 0 aromatic rings. The van der Waals surface area contributed by atoms with Gasteiger partial charge in [0.05, 0.1) is 19.2 Å². The largest absolute Gasteiger partial charge is 0.396 e. The summed E-state index contributed by atoms with van der Waals surface area (Å²) >= 11 is 0. The summed E-state index contributed by atoms with van der Waals surface area (Å²) in [5.74, 6) is -1.07. The summed E-state index contributed by atoms with van der Waals surface area (Å²) in [4.78, 5) is 52.6. The van der Waals surface area contributed by atoms with Crippen LogP contribution in [0.2, 0.25) is 0 Å². The van der Waals surface area contributed by atoms with Crippen LogP contribution in [0, 0.1) is 46.3 Å². The molecule has 4 aliphatic rings. The molecule has 4 rings (SSSR count). The summed E-state index contributed by atoms with van der Waals surface area (Å²) in [6.45, 7) is 6.04. The predicted octanol–water partition coefficient (Wildman–Crippen LogP) is -0.455. The molecule has 7 atom stereocenters. The highest BCUT2D eigenvalue weighted by Gasteiger charge is 2.69. The standard InChI is InChI=1S/C26H39N5O6/c1-26(2)19-12-31(21(34)11-29-20(33)9-17-14-37-13-16(17)5-7-32)23(22(19)26)25(36)30-18(10-27)8-15-4-3-6-28-24(15)35/h15-19,22-23,32H,3-9,11-14H2,1-2H3,(H,28,35)(H,29,33)(H,30,36)/t15-,16+,17-,18-,19-,22-,23-/m0/s1. The Kier molecular flexibility index (Phi) is 8.39. The van der Waals surface area contributed by atoms with E-state index in [-0.39, 0.29) is 84.6 Å². The van der Waals surface area contributed by atoms with Crippen LogP contribution in [0.1, 0.15) is 46.0 Å². The molecule has 0 unspecified atom stereocenters. The van der Waals surface area contributed by atoms with Crippen LogP contribution in [0.5, 0.6) is 0 Å². The maximum Gasteiger partial charge on any atom is 0.244 e. The average molecular weight is 518 g/mol. The quantitative estimate of drug-likeness (QED) is 0.305. The van der Waals surface area contributed by atoms with Gasteiger partial charge in [0.2, 0.25) is 23.6 Å². The molecule has 0 aromatic carbocycles. The van der Waals surface area contributed by atoms with Crippen LogP contribution in [-0.4, -0.2) is 85.2 Å². The molecule has 3 heterocycles. The molecular formula is C26H39N5O6. The third-order valence-corrected chi connectivity index (χ3v) is 8.90. The number of amides is 4. The smallest absolute Gasteiger partial charge is 0.244 e. The molecule has 0 spiro atoms. The molecule has 3 aliphatic heterocycles. The van der Waals surface area contributed by atoms with Crippen molar-refractivity contribution in [3.63, 3.8) is 0 Å². The molecule has 204 valence electrons. The zero-order valence-electron chi connectivity index (χ0n) is 21.7. The lowest BCUT2D eigenvalue weighted by Gasteiger charge is -2.31. The number of hydrogen-bond acceptors (Lipinski definition) is 7. The fourth-order valence-electron chi connectivity index (χ4n) is 6.53. The molecule has 1 aliphatic carbocycles. The van der Waals surface area contributed by atoms with Crippen molar-refractivity contribution in [3.8, 4) is 6.07 Å². The Morgan fingerprint density at radius 3 is 2.76 bits per heavy atom. The summed E-state index contributed by atoms with van der Waals surface area (Å²) in [7, 11) is 0. The number of carbonyl (C=O) groups is 4. The van der Waals surface area contributed by atoms with Crippen LogP contribution in [0.4, 0.5) is 0 Å². The number of nitriles is 1. The van der Waals surface area contributed by atoms with Crippen molar-refractivity contribution in [1.29, 1.82) is 5.26 Å². The Hall–Kier alpha value is -2.71. The van der Waals surface area contributed by atoms with Gasteiger partial charge in [-0.15, -0.1) is 0 Å². The zero-order chi connectivity index (χ0) is 26.7. The SMILES string of the molecule is CC1(C)[C@@H]2[C@@H](C(=O)N[C@H](C#N)C[C@@H]3CCCNC3=O)N(C(=O)CNC(=O)C[C@H]3COC[C@H]3CCO)C[C@@H]21. The molecule has 11 nitrogen and oxygen atoms in total. The molecule has 37 heavy (non-hydrogen) atoms. The Bertz CT molecular complexity index is 948. The van der Waals surface area contributed by atoms with Gasteiger partial charge in [-0.2, -0.15) is 5.26 Å². The van der Waals surface area contributed by atoms with Crippen LogP contribution >= 0.6 is 0 Å². The summed E-state index contributed by atoms with van der Waals surface area (Å²) < 4.78 is 5.45. The Morgan fingerprint density at radius 1 is 1.30 bits per heavy atom. The van der Waals surface area contributed by atoms with Crippen molar-refractivity contribution in [1.82, 2.24) is 20.9 Å². The number of likely N-dealkylation sites (tertiary alicyclic amines) is 1. The zero-order valence-corrected chi connectivity index (χ0v) is 21.7. The van der Waals surface area contributed by atoms with Crippen molar-refractivity contribution in [2.45, 2.75) is 58.0 Å². The second-order valence-corrected chi connectivity index (χ2v) is 11.6. The van der Waals surface area contributed by atoms with Crippen LogP contribution in [0.15, 0.2) is 0 Å². The van der Waals surface area contributed by atoms with Crippen LogP contribution < -0.4 is 16.0 Å². The fourth-order valence-corrected chi connectivity index (χ4v) is 6.53. The molecule has 3 saturated heterocycles. The molecule has 0 radical (unpaired) electrons. The van der Waals surface area contributed by atoms with E-state index in [9.17, 15) is 29.5 Å². The first-order chi connectivity index (χ1) is 17.7. The number of nitrogens with one attached hydrogen (secondary N) is 3. The number of fused-ring (bicyclic) bond motifs is 1. The average Bonchev–Trinajstić information content (AvgIpc) is 3.24. The number of aliphatic hydroxyl groups excluding tert-OH is 1. The molecule has 1 saturated carbocycles. The van der Waals surface area contributed by atoms with Crippen molar-refractivity contribution in [3.05, 3.63) is 0 Å². The number of carbonyl (C=O) groups excluding carboxylic acids is 4. The second kappa shape index (κ2) is 11.4. The highest BCUT2D eigenvalue weighted by Crippen LogP contribution is 2.64. The third kappa shape index (κ3) is 5.91. The van der Waals surface area contributed by atoms with Gasteiger partial charge in [-0.3, -0.25) is 19.2 Å². The molecule has 0 aromatic heterocycles. The van der Waals surface area contributed by atoms with Gasteiger partial charge in [-0.1, -0.05) is 13.8 Å². The van der Waals surface area contributed by atoms with E-state index in [1.807, 2.05) is 0 Å². The minimum Gasteiger partial charge on any atom is -0.396 e. The Labute approximate surface area is 217 Å². The molecule has 4 amide bonds. The van der Waals surface area contributed by atoms with Crippen molar-refractivity contribution < 1.29 is 29.0 Å². The first-order valence-corrected chi connectivity index (χ1v) is 13.4. The third-order valence-electron chi connectivity index (χ3n) is 8.90. The van der Waals surface area contributed by atoms with E-state index in [0.717, 1.165) is 6.42 Å². The van der Waals surface area contributed by atoms with E-state index in [0.29, 0.717) is 39.1 Å². The number of ether oxygens (including phenoxy) is 1. The van der Waals surface area contributed by atoms with Gasteiger partial charge in [-0.25, -0.2) is 0 Å². The molecule has 4 fully saturated rings. The fraction of sp³-hybridized carbons (Fsp3) is 0.808. The maximum absolute atomic E-state index is 13.4. The predicted molar refractivity (Wildman–Crippen MR) is 131 cm³/mol. The van der Waals surface area contributed by atoms with Crippen LogP contribution in [-0.2, 0) is 23.9 Å². The molecule has 4 N–H and O–H groups in total. The summed E-state index contributed by atoms with van der Waals surface area (Å²) in [6.07, 6.45) is 2.56. The van der Waals surface area contributed by atoms with Gasteiger partial charge in [0.1, 0.15) is 12.1 Å². The number of hydrogen-bond donors (Lipinski definition) is 4. The number of aliphatic hydroxyl groups is 1. The van der Waals surface area contributed by atoms with E-state index in [2.05, 4.69) is 35.9 Å². The highest BCUT2D eigenvalue weighted by atomic mass is 16.5. The summed E-state index contributed by atoms with van der Waals surface area (Å²) in [5.41, 5.74) is -0.0857. The maximum atomic E-state index is 13.4. The first-order valence-electron chi connectivity index (χ1n) is 13.4. The Morgan fingerprint density at radius 2 is 2.05 bits per heavy atom. The number of piperidine rings is 2. The van der Waals surface area contributed by atoms with E-state index in [4.69, 9.17) is 4.74 Å². The molecule has 0 bridgehead atoms. The van der Waals surface area contributed by atoms with Gasteiger partial charge in [0.25, 0.3) is 0 Å². The van der Waals surface area contributed by atoms with E-state index in [1.165, 1.54) is 4.90 Å². The minimum absolute atomic E-state index is 0.00942. The van der Waals surface area contributed by atoms with E-state index in [1.54, 1.807) is 0 Å². The van der Waals surface area contributed by atoms with Gasteiger partial charge in [0.15, 0.2) is 0 Å². The van der Waals surface area contributed by atoms with Crippen LogP contribution in [0.25, 0.3) is 0 Å². The molecular weight excluding hydrogens is 478 g/mol. The first kappa shape index (κ1) is 27.3. The van der Waals surface area contributed by atoms with E-state index >= 15 is 0 Å². The summed E-state index contributed by atoms with van der Waals surface area (Å²) in [5, 5.41) is 27.1. The second-order valence-electron chi connectivity index (χ2n) is 11.6. The Balaban J connectivity index is 1.33. The highest BCUT2D eigenvalue weighted by molar-refractivity contribution is 5.92.